The van der Waals surface area contributed by atoms with Gasteiger partial charge >= 0.3 is 0 Å². The van der Waals surface area contributed by atoms with Gasteiger partial charge in [-0.1, -0.05) is 44.5 Å². The molecule has 0 aliphatic rings. The molecule has 2 N–H and O–H groups in total. The average Bonchev–Trinajstić information content (AvgIpc) is 2.45. The average molecular weight is 284 g/mol. The molecule has 0 fully saturated rings. The van der Waals surface area contributed by atoms with Crippen molar-refractivity contribution in [1.82, 2.24) is 4.98 Å². The fraction of sp³-hybridized carbons (Fsp3) is 0.389. The first-order chi connectivity index (χ1) is 9.90. The maximum absolute atomic E-state index is 5.98. The highest BCUT2D eigenvalue weighted by Gasteiger charge is 2.19. The van der Waals surface area contributed by atoms with E-state index in [0.717, 1.165) is 17.0 Å². The molecule has 0 amide bonds. The minimum atomic E-state index is 0.0538. The van der Waals surface area contributed by atoms with Crippen molar-refractivity contribution < 1.29 is 4.74 Å². The van der Waals surface area contributed by atoms with Gasteiger partial charge < -0.3 is 10.5 Å². The Hall–Kier alpha value is -1.87. The zero-order chi connectivity index (χ0) is 15.5. The molecule has 0 bridgehead atoms. The van der Waals surface area contributed by atoms with Crippen LogP contribution in [0.4, 0.5) is 0 Å². The van der Waals surface area contributed by atoms with E-state index in [2.05, 4.69) is 44.8 Å². The highest BCUT2D eigenvalue weighted by Crippen LogP contribution is 2.32. The molecule has 2 aromatic rings. The number of pyridine rings is 1. The number of nitrogens with zero attached hydrogens (tertiary/aromatic N) is 1. The SMILES string of the molecule is Cc1ccc(OCc2ccc(CN)cn2)c(C(C)(C)C)c1. The van der Waals surface area contributed by atoms with Crippen molar-refractivity contribution in [3.63, 3.8) is 0 Å². The van der Waals surface area contributed by atoms with Gasteiger partial charge in [0.2, 0.25) is 0 Å². The Bertz CT molecular complexity index is 598. The summed E-state index contributed by atoms with van der Waals surface area (Å²) >= 11 is 0. The molecular weight excluding hydrogens is 260 g/mol. The first kappa shape index (κ1) is 15.5. The molecule has 0 spiro atoms. The van der Waals surface area contributed by atoms with Gasteiger partial charge in [-0.3, -0.25) is 4.98 Å². The van der Waals surface area contributed by atoms with E-state index in [1.165, 1.54) is 11.1 Å². The zero-order valence-corrected chi connectivity index (χ0v) is 13.3. The van der Waals surface area contributed by atoms with Gasteiger partial charge in [0, 0.05) is 12.7 Å². The number of hydrogen-bond donors (Lipinski definition) is 1. The number of benzene rings is 1. The van der Waals surface area contributed by atoms with Crippen LogP contribution in [0.3, 0.4) is 0 Å². The lowest BCUT2D eigenvalue weighted by molar-refractivity contribution is 0.293. The summed E-state index contributed by atoms with van der Waals surface area (Å²) in [5, 5.41) is 0. The van der Waals surface area contributed by atoms with Crippen molar-refractivity contribution >= 4 is 0 Å². The lowest BCUT2D eigenvalue weighted by Gasteiger charge is -2.23. The predicted octanol–water partition coefficient (Wildman–Crippen LogP) is 3.73. The van der Waals surface area contributed by atoms with Crippen molar-refractivity contribution in [2.75, 3.05) is 0 Å². The molecule has 2 rings (SSSR count). The molecule has 0 saturated carbocycles. The topological polar surface area (TPSA) is 48.1 Å². The molecule has 0 aliphatic heterocycles. The number of hydrogen-bond acceptors (Lipinski definition) is 3. The second-order valence-electron chi connectivity index (χ2n) is 6.40. The van der Waals surface area contributed by atoms with Crippen LogP contribution in [0.25, 0.3) is 0 Å². The predicted molar refractivity (Wildman–Crippen MR) is 86.3 cm³/mol. The fourth-order valence-electron chi connectivity index (χ4n) is 2.17. The number of ether oxygens (including phenoxy) is 1. The standard InChI is InChI=1S/C18H24N2O/c1-13-5-8-17(16(9-13)18(2,3)4)21-12-15-7-6-14(10-19)11-20-15/h5-9,11H,10,12,19H2,1-4H3. The summed E-state index contributed by atoms with van der Waals surface area (Å²) in [5.74, 6) is 0.929. The van der Waals surface area contributed by atoms with Crippen molar-refractivity contribution in [2.45, 2.75) is 46.3 Å². The number of aryl methyl sites for hydroxylation is 1. The zero-order valence-electron chi connectivity index (χ0n) is 13.3. The van der Waals surface area contributed by atoms with E-state index in [4.69, 9.17) is 10.5 Å². The summed E-state index contributed by atoms with van der Waals surface area (Å²) in [7, 11) is 0. The van der Waals surface area contributed by atoms with Crippen molar-refractivity contribution in [2.24, 2.45) is 5.73 Å². The summed E-state index contributed by atoms with van der Waals surface area (Å²) in [4.78, 5) is 4.37. The molecule has 1 aromatic carbocycles. The smallest absolute Gasteiger partial charge is 0.130 e. The van der Waals surface area contributed by atoms with E-state index in [1.54, 1.807) is 6.20 Å². The van der Waals surface area contributed by atoms with Gasteiger partial charge in [0.1, 0.15) is 12.4 Å². The summed E-state index contributed by atoms with van der Waals surface area (Å²) in [5.41, 5.74) is 10.0. The third-order valence-electron chi connectivity index (χ3n) is 3.44. The van der Waals surface area contributed by atoms with Crippen molar-refractivity contribution in [3.05, 3.63) is 58.9 Å². The van der Waals surface area contributed by atoms with Crippen LogP contribution in [0.2, 0.25) is 0 Å². The Morgan fingerprint density at radius 2 is 1.90 bits per heavy atom. The minimum absolute atomic E-state index is 0.0538. The molecule has 3 nitrogen and oxygen atoms in total. The normalized spacial score (nSPS) is 11.5. The molecule has 21 heavy (non-hydrogen) atoms. The van der Waals surface area contributed by atoms with Gasteiger partial charge in [0.15, 0.2) is 0 Å². The van der Waals surface area contributed by atoms with Crippen LogP contribution in [-0.2, 0) is 18.6 Å². The maximum atomic E-state index is 5.98. The molecule has 0 radical (unpaired) electrons. The van der Waals surface area contributed by atoms with Gasteiger partial charge in [-0.2, -0.15) is 0 Å². The monoisotopic (exact) mass is 284 g/mol. The molecule has 1 heterocycles. The third-order valence-corrected chi connectivity index (χ3v) is 3.44. The minimum Gasteiger partial charge on any atom is -0.487 e. The highest BCUT2D eigenvalue weighted by molar-refractivity contribution is 5.41. The number of nitrogens with two attached hydrogens (primary N) is 1. The first-order valence-corrected chi connectivity index (χ1v) is 7.28. The lowest BCUT2D eigenvalue weighted by Crippen LogP contribution is -2.14. The van der Waals surface area contributed by atoms with Crippen LogP contribution < -0.4 is 10.5 Å². The molecule has 112 valence electrons. The van der Waals surface area contributed by atoms with Crippen LogP contribution in [0, 0.1) is 6.92 Å². The largest absolute Gasteiger partial charge is 0.487 e. The van der Waals surface area contributed by atoms with Gasteiger partial charge in [-0.15, -0.1) is 0 Å². The molecule has 1 aromatic heterocycles. The van der Waals surface area contributed by atoms with E-state index in [1.807, 2.05) is 18.2 Å². The second kappa shape index (κ2) is 6.27. The van der Waals surface area contributed by atoms with E-state index >= 15 is 0 Å². The van der Waals surface area contributed by atoms with Gasteiger partial charge in [0.05, 0.1) is 5.69 Å². The lowest BCUT2D eigenvalue weighted by atomic mass is 9.85. The molecule has 0 saturated heterocycles. The van der Waals surface area contributed by atoms with Crippen molar-refractivity contribution in [3.8, 4) is 5.75 Å². The summed E-state index contributed by atoms with van der Waals surface area (Å²) in [6.07, 6.45) is 1.80. The van der Waals surface area contributed by atoms with Crippen LogP contribution in [0.1, 0.15) is 43.2 Å². The molecule has 0 aliphatic carbocycles. The number of rotatable bonds is 4. The molecular formula is C18H24N2O. The fourth-order valence-corrected chi connectivity index (χ4v) is 2.17. The van der Waals surface area contributed by atoms with Crippen LogP contribution >= 0.6 is 0 Å². The highest BCUT2D eigenvalue weighted by atomic mass is 16.5. The Morgan fingerprint density at radius 1 is 1.14 bits per heavy atom. The summed E-state index contributed by atoms with van der Waals surface area (Å²) in [6, 6.07) is 10.3. The van der Waals surface area contributed by atoms with Crippen molar-refractivity contribution in [1.29, 1.82) is 0 Å². The van der Waals surface area contributed by atoms with Crippen LogP contribution in [0.5, 0.6) is 5.75 Å². The second-order valence-corrected chi connectivity index (χ2v) is 6.40. The third kappa shape index (κ3) is 4.05. The van der Waals surface area contributed by atoms with E-state index in [9.17, 15) is 0 Å². The summed E-state index contributed by atoms with van der Waals surface area (Å²) < 4.78 is 5.98. The Kier molecular flexibility index (Phi) is 4.63. The molecule has 0 unspecified atom stereocenters. The van der Waals surface area contributed by atoms with E-state index < -0.39 is 0 Å². The Morgan fingerprint density at radius 3 is 2.48 bits per heavy atom. The van der Waals surface area contributed by atoms with E-state index in [-0.39, 0.29) is 5.41 Å². The van der Waals surface area contributed by atoms with Gasteiger partial charge in [0.25, 0.3) is 0 Å². The van der Waals surface area contributed by atoms with Crippen LogP contribution in [-0.4, -0.2) is 4.98 Å². The van der Waals surface area contributed by atoms with Gasteiger partial charge in [-0.05, 0) is 35.6 Å². The van der Waals surface area contributed by atoms with Gasteiger partial charge in [-0.25, -0.2) is 0 Å². The Labute approximate surface area is 127 Å². The molecule has 3 heteroatoms. The Balaban J connectivity index is 2.15. The maximum Gasteiger partial charge on any atom is 0.130 e. The summed E-state index contributed by atoms with van der Waals surface area (Å²) in [6.45, 7) is 9.68. The van der Waals surface area contributed by atoms with Crippen LogP contribution in [0.15, 0.2) is 36.5 Å². The molecule has 0 atom stereocenters. The first-order valence-electron chi connectivity index (χ1n) is 7.28. The number of aromatic nitrogens is 1. The van der Waals surface area contributed by atoms with E-state index in [0.29, 0.717) is 13.2 Å². The quantitative estimate of drug-likeness (QED) is 0.930.